The van der Waals surface area contributed by atoms with Crippen LogP contribution in [-0.4, -0.2) is 48.9 Å². The van der Waals surface area contributed by atoms with E-state index < -0.39 is 9.84 Å². The predicted molar refractivity (Wildman–Crippen MR) is 130 cm³/mol. The lowest BCUT2D eigenvalue weighted by Crippen LogP contribution is -2.37. The second-order valence-electron chi connectivity index (χ2n) is 8.14. The number of carbonyl (C=O) groups is 1. The molecule has 2 aromatic rings. The number of hydrogen-bond acceptors (Lipinski definition) is 5. The number of anilines is 1. The van der Waals surface area contributed by atoms with Crippen LogP contribution in [0, 0.1) is 0 Å². The van der Waals surface area contributed by atoms with Crippen LogP contribution in [0.1, 0.15) is 31.7 Å². The second kappa shape index (κ2) is 10.1. The van der Waals surface area contributed by atoms with Gasteiger partial charge in [0.1, 0.15) is 5.75 Å². The summed E-state index contributed by atoms with van der Waals surface area (Å²) >= 11 is 1.40. The van der Waals surface area contributed by atoms with Crippen LogP contribution in [0.15, 0.2) is 59.6 Å². The molecule has 0 saturated carbocycles. The number of carbonyl (C=O) groups excluding carboxylic acids is 1. The first-order valence-electron chi connectivity index (χ1n) is 11.0. The maximum absolute atomic E-state index is 12.7. The Kier molecular flexibility index (Phi) is 7.20. The SMILES string of the molecule is CCCCOc1cccc(N2C(=NC(=O)CCc3ccccc3)S[C@@H]3CS(=O)(=O)C[C@H]32)c1. The van der Waals surface area contributed by atoms with Gasteiger partial charge in [0.15, 0.2) is 15.0 Å². The summed E-state index contributed by atoms with van der Waals surface area (Å²) < 4.78 is 30.4. The molecule has 8 heteroatoms. The quantitative estimate of drug-likeness (QED) is 0.539. The zero-order valence-electron chi connectivity index (χ0n) is 18.1. The highest BCUT2D eigenvalue weighted by atomic mass is 32.2. The Bertz CT molecular complexity index is 1090. The first kappa shape index (κ1) is 22.9. The molecule has 2 fully saturated rings. The highest BCUT2D eigenvalue weighted by molar-refractivity contribution is 8.16. The van der Waals surface area contributed by atoms with Gasteiger partial charge in [-0.15, -0.1) is 0 Å². The standard InChI is InChI=1S/C24H28N2O4S2/c1-2-3-14-30-20-11-7-10-19(15-20)26-21-16-32(28,29)17-22(21)31-24(26)25-23(27)13-12-18-8-5-4-6-9-18/h4-11,15,21-22H,2-3,12-14,16-17H2,1H3/t21-,22-/m1/s1. The summed E-state index contributed by atoms with van der Waals surface area (Å²) in [4.78, 5) is 19.0. The topological polar surface area (TPSA) is 76.0 Å². The normalized spacial score (nSPS) is 22.8. The highest BCUT2D eigenvalue weighted by Crippen LogP contribution is 2.41. The van der Waals surface area contributed by atoms with Gasteiger partial charge in [0.2, 0.25) is 5.91 Å². The van der Waals surface area contributed by atoms with Crippen LogP contribution < -0.4 is 9.64 Å². The number of thioether (sulfide) groups is 1. The van der Waals surface area contributed by atoms with Gasteiger partial charge in [0, 0.05) is 23.4 Å². The third-order valence-corrected chi connectivity index (χ3v) is 8.83. The summed E-state index contributed by atoms with van der Waals surface area (Å²) in [7, 11) is -3.11. The fourth-order valence-electron chi connectivity index (χ4n) is 3.98. The predicted octanol–water partition coefficient (Wildman–Crippen LogP) is 4.10. The largest absolute Gasteiger partial charge is 0.494 e. The Hall–Kier alpha value is -2.32. The van der Waals surface area contributed by atoms with E-state index in [1.807, 2.05) is 59.5 Å². The minimum absolute atomic E-state index is 0.0722. The van der Waals surface area contributed by atoms with E-state index in [0.717, 1.165) is 29.8 Å². The molecule has 32 heavy (non-hydrogen) atoms. The molecule has 4 rings (SSSR count). The molecular weight excluding hydrogens is 444 g/mol. The lowest BCUT2D eigenvalue weighted by molar-refractivity contribution is -0.117. The van der Waals surface area contributed by atoms with Crippen LogP contribution in [0.3, 0.4) is 0 Å². The molecule has 2 aliphatic rings. The van der Waals surface area contributed by atoms with Gasteiger partial charge in [-0.05, 0) is 30.5 Å². The van der Waals surface area contributed by atoms with Gasteiger partial charge in [-0.3, -0.25) is 4.79 Å². The molecule has 0 unspecified atom stereocenters. The van der Waals surface area contributed by atoms with E-state index in [9.17, 15) is 13.2 Å². The Morgan fingerprint density at radius 3 is 2.75 bits per heavy atom. The molecule has 2 heterocycles. The third-order valence-electron chi connectivity index (χ3n) is 5.62. The number of sulfone groups is 1. The molecule has 0 bridgehead atoms. The summed E-state index contributed by atoms with van der Waals surface area (Å²) in [6, 6.07) is 17.3. The summed E-state index contributed by atoms with van der Waals surface area (Å²) in [5.74, 6) is 0.727. The van der Waals surface area contributed by atoms with Crippen LogP contribution in [0.5, 0.6) is 5.75 Å². The van der Waals surface area contributed by atoms with Crippen LogP contribution in [0.25, 0.3) is 0 Å². The number of amidine groups is 1. The van der Waals surface area contributed by atoms with Gasteiger partial charge in [-0.1, -0.05) is 61.5 Å². The average Bonchev–Trinajstić information content (AvgIpc) is 3.24. The molecule has 0 spiro atoms. The molecule has 2 aromatic carbocycles. The number of rotatable bonds is 8. The maximum Gasteiger partial charge on any atom is 0.248 e. The van der Waals surface area contributed by atoms with Crippen molar-refractivity contribution in [1.29, 1.82) is 0 Å². The van der Waals surface area contributed by atoms with E-state index in [-0.39, 0.29) is 28.7 Å². The lowest BCUT2D eigenvalue weighted by atomic mass is 10.1. The number of hydrogen-bond donors (Lipinski definition) is 0. The van der Waals surface area contributed by atoms with E-state index in [2.05, 4.69) is 11.9 Å². The Morgan fingerprint density at radius 1 is 1.16 bits per heavy atom. The van der Waals surface area contributed by atoms with Crippen LogP contribution >= 0.6 is 11.8 Å². The van der Waals surface area contributed by atoms with Crippen LogP contribution in [0.4, 0.5) is 5.69 Å². The van der Waals surface area contributed by atoms with E-state index >= 15 is 0 Å². The number of aryl methyl sites for hydroxylation is 1. The van der Waals surface area contributed by atoms with Gasteiger partial charge in [0.25, 0.3) is 0 Å². The fourth-order valence-corrected chi connectivity index (χ4v) is 7.91. The maximum atomic E-state index is 12.7. The lowest BCUT2D eigenvalue weighted by Gasteiger charge is -2.25. The van der Waals surface area contributed by atoms with Crippen molar-refractivity contribution in [2.75, 3.05) is 23.0 Å². The molecule has 2 atom stereocenters. The minimum atomic E-state index is -3.11. The first-order valence-corrected chi connectivity index (χ1v) is 13.7. The van der Waals surface area contributed by atoms with E-state index in [4.69, 9.17) is 4.74 Å². The minimum Gasteiger partial charge on any atom is -0.494 e. The van der Waals surface area contributed by atoms with Crippen molar-refractivity contribution in [2.45, 2.75) is 43.9 Å². The molecule has 170 valence electrons. The first-order chi connectivity index (χ1) is 15.4. The van der Waals surface area contributed by atoms with Crippen molar-refractivity contribution < 1.29 is 17.9 Å². The number of benzene rings is 2. The van der Waals surface area contributed by atoms with Crippen LogP contribution in [0.2, 0.25) is 0 Å². The van der Waals surface area contributed by atoms with Gasteiger partial charge >= 0.3 is 0 Å². The zero-order chi connectivity index (χ0) is 22.6. The molecule has 2 saturated heterocycles. The number of amides is 1. The Balaban J connectivity index is 1.55. The number of aliphatic imine (C=N–C) groups is 1. The van der Waals surface area contributed by atoms with Crippen molar-refractivity contribution in [3.63, 3.8) is 0 Å². The smallest absolute Gasteiger partial charge is 0.248 e. The number of unbranched alkanes of at least 4 members (excludes halogenated alkanes) is 1. The summed E-state index contributed by atoms with van der Waals surface area (Å²) in [6.07, 6.45) is 2.96. The molecule has 6 nitrogen and oxygen atoms in total. The molecule has 2 aliphatic heterocycles. The monoisotopic (exact) mass is 472 g/mol. The Labute approximate surface area is 194 Å². The summed E-state index contributed by atoms with van der Waals surface area (Å²) in [5, 5.41) is 0.462. The highest BCUT2D eigenvalue weighted by Gasteiger charge is 2.49. The van der Waals surface area contributed by atoms with Crippen molar-refractivity contribution >= 4 is 38.4 Å². The van der Waals surface area contributed by atoms with Crippen LogP contribution in [-0.2, 0) is 21.1 Å². The molecule has 1 amide bonds. The number of ether oxygens (including phenoxy) is 1. The number of nitrogens with zero attached hydrogens (tertiary/aromatic N) is 2. The van der Waals surface area contributed by atoms with Gasteiger partial charge in [-0.2, -0.15) is 4.99 Å². The van der Waals surface area contributed by atoms with E-state index in [1.54, 1.807) is 0 Å². The zero-order valence-corrected chi connectivity index (χ0v) is 19.8. The van der Waals surface area contributed by atoms with Gasteiger partial charge < -0.3 is 9.64 Å². The summed E-state index contributed by atoms with van der Waals surface area (Å²) in [6.45, 7) is 2.74. The average molecular weight is 473 g/mol. The molecule has 0 aromatic heterocycles. The third kappa shape index (κ3) is 5.53. The fraction of sp³-hybridized carbons (Fsp3) is 0.417. The van der Waals surface area contributed by atoms with Crippen molar-refractivity contribution in [3.05, 3.63) is 60.2 Å². The van der Waals surface area contributed by atoms with E-state index in [0.29, 0.717) is 24.6 Å². The molecular formula is C24H28N2O4S2. The molecule has 0 N–H and O–H groups in total. The van der Waals surface area contributed by atoms with E-state index in [1.165, 1.54) is 11.8 Å². The van der Waals surface area contributed by atoms with Crippen molar-refractivity contribution in [2.24, 2.45) is 4.99 Å². The number of fused-ring (bicyclic) bond motifs is 1. The summed E-state index contributed by atoms with van der Waals surface area (Å²) in [5.41, 5.74) is 1.91. The van der Waals surface area contributed by atoms with Crippen molar-refractivity contribution in [1.82, 2.24) is 0 Å². The molecule has 0 aliphatic carbocycles. The Morgan fingerprint density at radius 2 is 1.97 bits per heavy atom. The van der Waals surface area contributed by atoms with Gasteiger partial charge in [0.05, 0.1) is 24.2 Å². The van der Waals surface area contributed by atoms with Gasteiger partial charge in [-0.25, -0.2) is 8.42 Å². The second-order valence-corrected chi connectivity index (χ2v) is 11.5. The molecule has 0 radical (unpaired) electrons. The van der Waals surface area contributed by atoms with Crippen molar-refractivity contribution in [3.8, 4) is 5.75 Å².